The van der Waals surface area contributed by atoms with E-state index in [0.29, 0.717) is 24.4 Å². The van der Waals surface area contributed by atoms with Crippen LogP contribution < -0.4 is 5.32 Å². The number of carbonyl (C=O) groups excluding carboxylic acids is 3. The lowest BCUT2D eigenvalue weighted by Gasteiger charge is -2.49. The molecule has 0 aliphatic carbocycles. The smallest absolute Gasteiger partial charge is 0.325 e. The van der Waals surface area contributed by atoms with E-state index in [4.69, 9.17) is 0 Å². The molecule has 3 aliphatic heterocycles. The summed E-state index contributed by atoms with van der Waals surface area (Å²) in [5, 5.41) is 2.21. The number of imide groups is 1. The van der Waals surface area contributed by atoms with Gasteiger partial charge in [-0.3, -0.25) is 14.9 Å². The first-order valence-electron chi connectivity index (χ1n) is 9.16. The molecular weight excluding hydrogens is 332 g/mol. The quantitative estimate of drug-likeness (QED) is 0.770. The number of rotatable bonds is 4. The predicted octanol–water partition coefficient (Wildman–Crippen LogP) is 1.66. The average Bonchev–Trinajstić information content (AvgIpc) is 2.86. The molecule has 0 aromatic heterocycles. The molecule has 3 rings (SSSR count). The van der Waals surface area contributed by atoms with E-state index in [2.05, 4.69) is 30.6 Å². The monoisotopic (exact) mass is 364 g/mol. The molecule has 7 heteroatoms. The number of hydrogen-bond acceptors (Lipinski definition) is 4. The van der Waals surface area contributed by atoms with Crippen molar-refractivity contribution in [3.63, 3.8) is 0 Å². The molecule has 26 heavy (non-hydrogen) atoms. The van der Waals surface area contributed by atoms with Crippen molar-refractivity contribution < 1.29 is 14.4 Å². The first-order valence-corrected chi connectivity index (χ1v) is 9.16. The number of allylic oxidation sites excluding steroid dienone is 1. The van der Waals surface area contributed by atoms with Gasteiger partial charge in [0.25, 0.3) is 0 Å². The maximum Gasteiger partial charge on any atom is 0.325 e. The minimum absolute atomic E-state index is 0. The van der Waals surface area contributed by atoms with E-state index in [1.54, 1.807) is 0 Å². The van der Waals surface area contributed by atoms with Gasteiger partial charge in [-0.25, -0.2) is 4.79 Å². The highest BCUT2D eigenvalue weighted by atomic mass is 16.2. The number of carbonyl (C=O) groups is 3. The summed E-state index contributed by atoms with van der Waals surface area (Å²) in [6.07, 6.45) is 2.98. The normalized spacial score (nSPS) is 26.0. The van der Waals surface area contributed by atoms with Crippen LogP contribution in [0.3, 0.4) is 0 Å². The van der Waals surface area contributed by atoms with Crippen LogP contribution >= 0.6 is 0 Å². The summed E-state index contributed by atoms with van der Waals surface area (Å²) >= 11 is 0. The van der Waals surface area contributed by atoms with Crippen molar-refractivity contribution in [3.05, 3.63) is 12.3 Å². The predicted molar refractivity (Wildman–Crippen MR) is 100 cm³/mol. The Morgan fingerprint density at radius 2 is 2.04 bits per heavy atom. The van der Waals surface area contributed by atoms with Crippen LogP contribution in [-0.2, 0) is 9.59 Å². The standard InChI is InChI=1S/C18H28N4O3.CH4/c1-12(2)8-22-13(3)4-5-14-9-20(7-6-15(14)22)17(24)11-21-10-16(23)19-18(21)25;/h12,14-15H,3-11H2,1-2H3,(H,19,23,25);1H4/t14-,15+;/m1./s1. The highest BCUT2D eigenvalue weighted by Gasteiger charge is 2.39. The molecule has 0 aromatic carbocycles. The number of piperidine rings is 2. The van der Waals surface area contributed by atoms with Crippen LogP contribution in [0.5, 0.6) is 0 Å². The number of likely N-dealkylation sites (tertiary alicyclic amines) is 2. The van der Waals surface area contributed by atoms with Gasteiger partial charge in [0.2, 0.25) is 11.8 Å². The van der Waals surface area contributed by atoms with Gasteiger partial charge in [0, 0.05) is 31.4 Å². The maximum absolute atomic E-state index is 12.6. The fraction of sp³-hybridized carbons (Fsp3) is 0.737. The Morgan fingerprint density at radius 1 is 1.31 bits per heavy atom. The van der Waals surface area contributed by atoms with Gasteiger partial charge in [0.05, 0.1) is 0 Å². The summed E-state index contributed by atoms with van der Waals surface area (Å²) in [7, 11) is 0. The molecule has 0 unspecified atom stereocenters. The largest absolute Gasteiger partial charge is 0.372 e. The Kier molecular flexibility index (Phi) is 6.31. The number of nitrogens with one attached hydrogen (secondary N) is 1. The van der Waals surface area contributed by atoms with E-state index >= 15 is 0 Å². The van der Waals surface area contributed by atoms with E-state index in [9.17, 15) is 14.4 Å². The zero-order valence-corrected chi connectivity index (χ0v) is 15.2. The van der Waals surface area contributed by atoms with Gasteiger partial charge in [-0.2, -0.15) is 0 Å². The van der Waals surface area contributed by atoms with Crippen LogP contribution in [0.2, 0.25) is 0 Å². The Balaban J connectivity index is 0.00000243. The van der Waals surface area contributed by atoms with E-state index in [1.807, 2.05) is 4.90 Å². The van der Waals surface area contributed by atoms with Crippen LogP contribution in [0, 0.1) is 11.8 Å². The minimum atomic E-state index is -0.467. The molecule has 2 atom stereocenters. The highest BCUT2D eigenvalue weighted by Crippen LogP contribution is 2.35. The summed E-state index contributed by atoms with van der Waals surface area (Å²) in [6, 6.07) is -0.00493. The van der Waals surface area contributed by atoms with Crippen molar-refractivity contribution in [2.45, 2.75) is 46.6 Å². The number of hydrogen-bond donors (Lipinski definition) is 1. The molecule has 3 heterocycles. The van der Waals surface area contributed by atoms with Gasteiger partial charge in [0.1, 0.15) is 13.1 Å². The summed E-state index contributed by atoms with van der Waals surface area (Å²) in [4.78, 5) is 41.0. The zero-order valence-electron chi connectivity index (χ0n) is 15.2. The second-order valence-electron chi connectivity index (χ2n) is 7.82. The highest BCUT2D eigenvalue weighted by molar-refractivity contribution is 6.03. The van der Waals surface area contributed by atoms with Gasteiger partial charge < -0.3 is 14.7 Å². The third-order valence-corrected chi connectivity index (χ3v) is 5.41. The molecule has 3 saturated heterocycles. The van der Waals surface area contributed by atoms with Crippen molar-refractivity contribution in [2.24, 2.45) is 11.8 Å². The molecule has 0 saturated carbocycles. The SMILES string of the molecule is C.C=C1CC[C@@H]2CN(C(=O)CN3CC(=O)NC3=O)CC[C@@H]2N1CC(C)C. The summed E-state index contributed by atoms with van der Waals surface area (Å²) in [5.41, 5.74) is 1.22. The molecule has 0 radical (unpaired) electrons. The molecule has 3 fully saturated rings. The summed E-state index contributed by atoms with van der Waals surface area (Å²) in [5.74, 6) is 0.632. The van der Waals surface area contributed by atoms with Crippen molar-refractivity contribution >= 4 is 17.8 Å². The molecule has 0 spiro atoms. The van der Waals surface area contributed by atoms with E-state index in [0.717, 1.165) is 32.4 Å². The lowest BCUT2D eigenvalue weighted by Crippen LogP contribution is -2.56. The molecular formula is C19H32N4O3. The third kappa shape index (κ3) is 4.19. The van der Waals surface area contributed by atoms with Crippen LogP contribution in [0.1, 0.15) is 40.5 Å². The van der Waals surface area contributed by atoms with Crippen LogP contribution in [0.25, 0.3) is 0 Å². The van der Waals surface area contributed by atoms with E-state index in [-0.39, 0.29) is 32.3 Å². The Bertz CT molecular complexity index is 589. The van der Waals surface area contributed by atoms with E-state index < -0.39 is 6.03 Å². The number of urea groups is 1. The van der Waals surface area contributed by atoms with E-state index in [1.165, 1.54) is 10.6 Å². The molecule has 4 amide bonds. The van der Waals surface area contributed by atoms with Crippen LogP contribution in [0.4, 0.5) is 4.79 Å². The van der Waals surface area contributed by atoms with Crippen molar-refractivity contribution in [1.29, 1.82) is 0 Å². The second-order valence-corrected chi connectivity index (χ2v) is 7.82. The third-order valence-electron chi connectivity index (χ3n) is 5.41. The second kappa shape index (κ2) is 8.10. The first-order chi connectivity index (χ1) is 11.8. The topological polar surface area (TPSA) is 73.0 Å². The molecule has 1 N–H and O–H groups in total. The first kappa shape index (κ1) is 20.3. The van der Waals surface area contributed by atoms with Crippen molar-refractivity contribution in [2.75, 3.05) is 32.7 Å². The minimum Gasteiger partial charge on any atom is -0.372 e. The summed E-state index contributed by atoms with van der Waals surface area (Å²) < 4.78 is 0. The van der Waals surface area contributed by atoms with Gasteiger partial charge >= 0.3 is 6.03 Å². The fourth-order valence-electron chi connectivity index (χ4n) is 4.20. The fourth-order valence-corrected chi connectivity index (χ4v) is 4.20. The number of amides is 4. The number of nitrogens with zero attached hydrogens (tertiary/aromatic N) is 3. The maximum atomic E-state index is 12.6. The molecule has 0 aromatic rings. The zero-order chi connectivity index (χ0) is 18.1. The van der Waals surface area contributed by atoms with Crippen molar-refractivity contribution in [3.8, 4) is 0 Å². The lowest BCUT2D eigenvalue weighted by atomic mass is 9.82. The Morgan fingerprint density at radius 3 is 2.65 bits per heavy atom. The summed E-state index contributed by atoms with van der Waals surface area (Å²) in [6.45, 7) is 11.1. The van der Waals surface area contributed by atoms with Gasteiger partial charge in [-0.15, -0.1) is 0 Å². The van der Waals surface area contributed by atoms with Gasteiger partial charge in [-0.05, 0) is 31.1 Å². The molecule has 3 aliphatic rings. The molecule has 7 nitrogen and oxygen atoms in total. The van der Waals surface area contributed by atoms with Gasteiger partial charge in [0.15, 0.2) is 0 Å². The van der Waals surface area contributed by atoms with Crippen molar-refractivity contribution in [1.82, 2.24) is 20.0 Å². The van der Waals surface area contributed by atoms with Crippen LogP contribution in [0.15, 0.2) is 12.3 Å². The Hall–Kier alpha value is -2.05. The lowest BCUT2D eigenvalue weighted by molar-refractivity contribution is -0.135. The van der Waals surface area contributed by atoms with Crippen LogP contribution in [-0.4, -0.2) is 71.3 Å². The average molecular weight is 364 g/mol. The van der Waals surface area contributed by atoms with Gasteiger partial charge in [-0.1, -0.05) is 27.9 Å². The molecule has 146 valence electrons. The number of fused-ring (bicyclic) bond motifs is 1. The molecule has 0 bridgehead atoms. The Labute approximate surface area is 156 Å².